The van der Waals surface area contributed by atoms with E-state index < -0.39 is 0 Å². The van der Waals surface area contributed by atoms with Gasteiger partial charge >= 0.3 is 0 Å². The molecule has 0 aliphatic heterocycles. The van der Waals surface area contributed by atoms with E-state index in [9.17, 15) is 0 Å². The Morgan fingerprint density at radius 2 is 2.33 bits per heavy atom. The Balaban J connectivity index is 2.46. The van der Waals surface area contributed by atoms with Gasteiger partial charge in [0, 0.05) is 0 Å². The summed E-state index contributed by atoms with van der Waals surface area (Å²) in [6.07, 6.45) is 8.73. The van der Waals surface area contributed by atoms with Crippen molar-refractivity contribution in [2.24, 2.45) is 11.8 Å². The minimum atomic E-state index is 0.874. The molecule has 0 saturated carbocycles. The van der Waals surface area contributed by atoms with E-state index in [2.05, 4.69) is 26.0 Å². The topological polar surface area (TPSA) is 0 Å². The van der Waals surface area contributed by atoms with E-state index in [4.69, 9.17) is 0 Å². The second-order valence-electron chi connectivity index (χ2n) is 3.05. The minimum Gasteiger partial charge on any atom is -0.0882 e. The van der Waals surface area contributed by atoms with E-state index in [1.165, 1.54) is 19.3 Å². The van der Waals surface area contributed by atoms with Crippen LogP contribution < -0.4 is 0 Å². The number of rotatable bonds is 1. The summed E-state index contributed by atoms with van der Waals surface area (Å²) in [5.41, 5.74) is 0. The first kappa shape index (κ1) is 6.85. The quantitative estimate of drug-likeness (QED) is 0.471. The Morgan fingerprint density at radius 1 is 1.56 bits per heavy atom. The molecule has 0 heteroatoms. The van der Waals surface area contributed by atoms with Gasteiger partial charge in [0.15, 0.2) is 0 Å². The first-order valence-corrected chi connectivity index (χ1v) is 4.01. The second-order valence-corrected chi connectivity index (χ2v) is 3.05. The van der Waals surface area contributed by atoms with Gasteiger partial charge in [-0.05, 0) is 31.1 Å². The van der Waals surface area contributed by atoms with Crippen LogP contribution in [0.25, 0.3) is 0 Å². The fraction of sp³-hybridized carbons (Fsp3) is 0.778. The molecule has 0 aromatic rings. The average molecular weight is 124 g/mol. The lowest BCUT2D eigenvalue weighted by Crippen LogP contribution is -2.10. The molecule has 52 valence electrons. The maximum Gasteiger partial charge on any atom is -0.0210 e. The third kappa shape index (κ3) is 1.57. The van der Waals surface area contributed by atoms with Crippen LogP contribution in [0.5, 0.6) is 0 Å². The highest BCUT2D eigenvalue weighted by Crippen LogP contribution is 2.25. The number of hydrogen-bond acceptors (Lipinski definition) is 0. The molecule has 0 radical (unpaired) electrons. The molecular formula is C9H16. The van der Waals surface area contributed by atoms with Crippen LogP contribution in [0.2, 0.25) is 0 Å². The van der Waals surface area contributed by atoms with E-state index in [0.29, 0.717) is 0 Å². The van der Waals surface area contributed by atoms with Crippen LogP contribution in [-0.4, -0.2) is 0 Å². The number of allylic oxidation sites excluding steroid dienone is 2. The summed E-state index contributed by atoms with van der Waals surface area (Å²) in [7, 11) is 0. The Labute approximate surface area is 58.0 Å². The molecule has 1 unspecified atom stereocenters. The molecule has 0 N–H and O–H groups in total. The van der Waals surface area contributed by atoms with E-state index in [-0.39, 0.29) is 0 Å². The highest BCUT2D eigenvalue weighted by molar-refractivity contribution is 4.95. The molecule has 1 aliphatic carbocycles. The van der Waals surface area contributed by atoms with Gasteiger partial charge in [0.2, 0.25) is 0 Å². The minimum absolute atomic E-state index is 0.874. The van der Waals surface area contributed by atoms with Gasteiger partial charge in [0.25, 0.3) is 0 Å². The first-order valence-electron chi connectivity index (χ1n) is 4.01. The Kier molecular flexibility index (Phi) is 2.32. The lowest BCUT2D eigenvalue weighted by atomic mass is 9.84. The van der Waals surface area contributed by atoms with Gasteiger partial charge in [-0.15, -0.1) is 0 Å². The third-order valence-electron chi connectivity index (χ3n) is 2.37. The summed E-state index contributed by atoms with van der Waals surface area (Å²) >= 11 is 0. The predicted molar refractivity (Wildman–Crippen MR) is 41.3 cm³/mol. The van der Waals surface area contributed by atoms with Gasteiger partial charge < -0.3 is 0 Å². The smallest absolute Gasteiger partial charge is 0.0210 e. The summed E-state index contributed by atoms with van der Waals surface area (Å²) < 4.78 is 0. The fourth-order valence-electron chi connectivity index (χ4n) is 1.57. The van der Waals surface area contributed by atoms with E-state index in [1.54, 1.807) is 0 Å². The van der Waals surface area contributed by atoms with Gasteiger partial charge in [0.1, 0.15) is 0 Å². The fourth-order valence-corrected chi connectivity index (χ4v) is 1.57. The molecule has 0 aromatic carbocycles. The molecule has 0 nitrogen and oxygen atoms in total. The largest absolute Gasteiger partial charge is 0.0882 e. The van der Waals surface area contributed by atoms with Crippen LogP contribution in [0.15, 0.2) is 12.2 Å². The third-order valence-corrected chi connectivity index (χ3v) is 2.37. The van der Waals surface area contributed by atoms with E-state index >= 15 is 0 Å². The van der Waals surface area contributed by atoms with Crippen LogP contribution in [0, 0.1) is 11.8 Å². The van der Waals surface area contributed by atoms with Crippen LogP contribution in [0.3, 0.4) is 0 Å². The Morgan fingerprint density at radius 3 is 2.78 bits per heavy atom. The molecule has 0 bridgehead atoms. The lowest BCUT2D eigenvalue weighted by molar-refractivity contribution is 0.378. The van der Waals surface area contributed by atoms with Gasteiger partial charge in [-0.3, -0.25) is 0 Å². The van der Waals surface area contributed by atoms with Crippen LogP contribution in [-0.2, 0) is 0 Å². The number of hydrogen-bond donors (Lipinski definition) is 0. The van der Waals surface area contributed by atoms with E-state index in [0.717, 1.165) is 11.8 Å². The lowest BCUT2D eigenvalue weighted by Gasteiger charge is -2.22. The summed E-state index contributed by atoms with van der Waals surface area (Å²) in [4.78, 5) is 0. The van der Waals surface area contributed by atoms with Gasteiger partial charge in [-0.1, -0.05) is 26.0 Å². The van der Waals surface area contributed by atoms with Crippen LogP contribution in [0.4, 0.5) is 0 Å². The predicted octanol–water partition coefficient (Wildman–Crippen LogP) is 3.00. The maximum atomic E-state index is 2.38. The normalized spacial score (nSPS) is 34.9. The van der Waals surface area contributed by atoms with Gasteiger partial charge in [-0.2, -0.15) is 0 Å². The zero-order valence-electron chi connectivity index (χ0n) is 6.43. The van der Waals surface area contributed by atoms with Crippen molar-refractivity contribution in [2.45, 2.75) is 33.1 Å². The summed E-state index contributed by atoms with van der Waals surface area (Å²) in [5.74, 6) is 1.80. The summed E-state index contributed by atoms with van der Waals surface area (Å²) in [5, 5.41) is 0. The molecule has 0 amide bonds. The van der Waals surface area contributed by atoms with Crippen LogP contribution in [0.1, 0.15) is 33.1 Å². The van der Waals surface area contributed by atoms with Crippen molar-refractivity contribution in [3.63, 3.8) is 0 Å². The van der Waals surface area contributed by atoms with Crippen molar-refractivity contribution in [3.05, 3.63) is 12.2 Å². The van der Waals surface area contributed by atoms with Crippen LogP contribution >= 0.6 is 0 Å². The van der Waals surface area contributed by atoms with Crippen molar-refractivity contribution < 1.29 is 0 Å². The molecule has 0 fully saturated rings. The van der Waals surface area contributed by atoms with Crippen molar-refractivity contribution in [3.8, 4) is 0 Å². The molecular weight excluding hydrogens is 108 g/mol. The monoisotopic (exact) mass is 124 g/mol. The molecule has 0 aromatic heterocycles. The molecule has 1 aliphatic rings. The van der Waals surface area contributed by atoms with Crippen molar-refractivity contribution in [1.29, 1.82) is 0 Å². The molecule has 2 atom stereocenters. The Bertz CT molecular complexity index is 103. The van der Waals surface area contributed by atoms with Crippen molar-refractivity contribution in [1.82, 2.24) is 0 Å². The highest BCUT2D eigenvalue weighted by atomic mass is 14.2. The zero-order chi connectivity index (χ0) is 6.69. The second kappa shape index (κ2) is 3.05. The average Bonchev–Trinajstić information content (AvgIpc) is 1.89. The highest BCUT2D eigenvalue weighted by Gasteiger charge is 2.13. The van der Waals surface area contributed by atoms with Gasteiger partial charge in [0.05, 0.1) is 0 Å². The first-order chi connectivity index (χ1) is 4.34. The molecule has 0 heterocycles. The summed E-state index contributed by atoms with van der Waals surface area (Å²) in [6, 6.07) is 0. The molecule has 0 saturated heterocycles. The standard InChI is InChI=1S/C9H16/c1-3-9-7-5-4-6-8(9)2/h5,7-9H,3-4,6H2,1-2H3/t8-,9?/m0/s1. The van der Waals surface area contributed by atoms with Crippen molar-refractivity contribution >= 4 is 0 Å². The van der Waals surface area contributed by atoms with Gasteiger partial charge in [-0.25, -0.2) is 0 Å². The Hall–Kier alpha value is -0.260. The summed E-state index contributed by atoms with van der Waals surface area (Å²) in [6.45, 7) is 4.63. The van der Waals surface area contributed by atoms with E-state index in [1.807, 2.05) is 0 Å². The zero-order valence-corrected chi connectivity index (χ0v) is 6.43. The molecule has 0 spiro atoms. The SMILES string of the molecule is CCC1C=CCC[C@@H]1C. The van der Waals surface area contributed by atoms with Crippen molar-refractivity contribution in [2.75, 3.05) is 0 Å². The molecule has 9 heavy (non-hydrogen) atoms. The molecule has 1 rings (SSSR count). The maximum absolute atomic E-state index is 2.38.